The summed E-state index contributed by atoms with van der Waals surface area (Å²) < 4.78 is 2.56. The van der Waals surface area contributed by atoms with Crippen molar-refractivity contribution in [3.8, 4) is 0 Å². The maximum Gasteiger partial charge on any atom is 0.257 e. The lowest BCUT2D eigenvalue weighted by Crippen LogP contribution is -2.41. The minimum Gasteiger partial charge on any atom is -0.247 e. The van der Waals surface area contributed by atoms with Gasteiger partial charge in [-0.05, 0) is 32.6 Å². The van der Waals surface area contributed by atoms with E-state index in [4.69, 9.17) is 0 Å². The molecular weight excluding hydrogens is 400 g/mol. The van der Waals surface area contributed by atoms with Crippen LogP contribution in [0.15, 0.2) is 12.4 Å². The highest BCUT2D eigenvalue weighted by atomic mass is 15.1. The molecule has 2 heteroatoms. The van der Waals surface area contributed by atoms with Crippen molar-refractivity contribution in [2.45, 2.75) is 181 Å². The fraction of sp³-hybridized carbons (Fsp3) is 0.903. The van der Waals surface area contributed by atoms with Gasteiger partial charge in [0.1, 0.15) is 12.4 Å². The third-order valence-electron chi connectivity index (χ3n) is 7.73. The first kappa shape index (κ1) is 30.2. The first-order valence-corrected chi connectivity index (χ1v) is 15.3. The van der Waals surface area contributed by atoms with Crippen molar-refractivity contribution in [1.82, 2.24) is 4.98 Å². The standard InChI is InChI=1S/C31H60N2/c1-5-8-10-12-14-16-17-18-19-21-23-25-29(4)33-28-27-32-31(33)30(7-3)26-24-22-20-15-13-11-9-6-2/h27-30H,5-26H2,1-4H3/p+1. The van der Waals surface area contributed by atoms with Gasteiger partial charge in [-0.2, -0.15) is 0 Å². The summed E-state index contributed by atoms with van der Waals surface area (Å²) in [6.45, 7) is 9.40. The van der Waals surface area contributed by atoms with Gasteiger partial charge in [-0.25, -0.2) is 9.55 Å². The first-order valence-electron chi connectivity index (χ1n) is 15.3. The van der Waals surface area contributed by atoms with Crippen molar-refractivity contribution in [3.05, 3.63) is 18.2 Å². The summed E-state index contributed by atoms with van der Waals surface area (Å²) in [5.74, 6) is 2.18. The fourth-order valence-electron chi connectivity index (χ4n) is 5.37. The normalized spacial score (nSPS) is 13.5. The van der Waals surface area contributed by atoms with Crippen molar-refractivity contribution in [3.63, 3.8) is 0 Å². The van der Waals surface area contributed by atoms with Gasteiger partial charge in [0, 0.05) is 0 Å². The Morgan fingerprint density at radius 1 is 0.606 bits per heavy atom. The zero-order chi connectivity index (χ0) is 24.0. The van der Waals surface area contributed by atoms with E-state index in [-0.39, 0.29) is 0 Å². The number of hydrogen-bond donors (Lipinski definition) is 1. The van der Waals surface area contributed by atoms with Crippen LogP contribution < -0.4 is 4.57 Å². The quantitative estimate of drug-likeness (QED) is 0.117. The number of nitrogens with one attached hydrogen (secondary N) is 1. The van der Waals surface area contributed by atoms with Crippen LogP contribution in [0.25, 0.3) is 0 Å². The van der Waals surface area contributed by atoms with Crippen LogP contribution >= 0.6 is 0 Å². The highest BCUT2D eigenvalue weighted by Crippen LogP contribution is 2.24. The van der Waals surface area contributed by atoms with E-state index in [9.17, 15) is 0 Å². The van der Waals surface area contributed by atoms with Gasteiger partial charge in [0.2, 0.25) is 0 Å². The zero-order valence-corrected chi connectivity index (χ0v) is 23.3. The Hall–Kier alpha value is -0.790. The van der Waals surface area contributed by atoms with Gasteiger partial charge in [0.25, 0.3) is 5.82 Å². The number of H-pyrrole nitrogens is 1. The molecule has 194 valence electrons. The van der Waals surface area contributed by atoms with Gasteiger partial charge in [0.15, 0.2) is 0 Å². The van der Waals surface area contributed by atoms with Gasteiger partial charge < -0.3 is 0 Å². The zero-order valence-electron chi connectivity index (χ0n) is 23.3. The van der Waals surface area contributed by atoms with Gasteiger partial charge in [-0.15, -0.1) is 0 Å². The van der Waals surface area contributed by atoms with E-state index >= 15 is 0 Å². The second-order valence-corrected chi connectivity index (χ2v) is 10.8. The van der Waals surface area contributed by atoms with Crippen LogP contribution in [0.5, 0.6) is 0 Å². The summed E-state index contributed by atoms with van der Waals surface area (Å²) in [4.78, 5) is 3.62. The second kappa shape index (κ2) is 21.7. The molecule has 0 saturated heterocycles. The van der Waals surface area contributed by atoms with Crippen molar-refractivity contribution in [2.24, 2.45) is 0 Å². The predicted octanol–water partition coefficient (Wildman–Crippen LogP) is 10.6. The van der Waals surface area contributed by atoms with E-state index in [1.807, 2.05) is 0 Å². The lowest BCUT2D eigenvalue weighted by molar-refractivity contribution is -0.727. The number of unbranched alkanes of at least 4 members (excludes halogenated alkanes) is 17. The Balaban J connectivity index is 2.18. The summed E-state index contributed by atoms with van der Waals surface area (Å²) >= 11 is 0. The Morgan fingerprint density at radius 2 is 1.03 bits per heavy atom. The van der Waals surface area contributed by atoms with Crippen molar-refractivity contribution in [2.75, 3.05) is 0 Å². The molecule has 1 N–H and O–H groups in total. The molecule has 1 heterocycles. The number of hydrogen-bond acceptors (Lipinski definition) is 0. The summed E-state index contributed by atoms with van der Waals surface area (Å²) in [7, 11) is 0. The molecule has 0 radical (unpaired) electrons. The third kappa shape index (κ3) is 14.9. The monoisotopic (exact) mass is 461 g/mol. The average Bonchev–Trinajstić information content (AvgIpc) is 3.31. The molecule has 0 aliphatic rings. The smallest absolute Gasteiger partial charge is 0.247 e. The first-order chi connectivity index (χ1) is 16.2. The van der Waals surface area contributed by atoms with E-state index in [2.05, 4.69) is 49.6 Å². The van der Waals surface area contributed by atoms with Crippen molar-refractivity contribution < 1.29 is 4.57 Å². The SMILES string of the molecule is CCCCCCCCCCCCCC(C)[n+]1cc[nH]c1C(CC)CCCCCCCCCC. The number of aromatic amines is 1. The van der Waals surface area contributed by atoms with E-state index in [1.165, 1.54) is 147 Å². The lowest BCUT2D eigenvalue weighted by atomic mass is 9.96. The Bertz CT molecular complexity index is 521. The number of nitrogens with zero attached hydrogens (tertiary/aromatic N) is 1. The Morgan fingerprint density at radius 3 is 1.48 bits per heavy atom. The Kier molecular flexibility index (Phi) is 19.9. The molecular formula is C31H61N2+. The number of aromatic nitrogens is 2. The molecule has 0 spiro atoms. The minimum atomic E-state index is 0.623. The van der Waals surface area contributed by atoms with Crippen molar-refractivity contribution in [1.29, 1.82) is 0 Å². The number of imidazole rings is 1. The van der Waals surface area contributed by atoms with Gasteiger partial charge in [-0.1, -0.05) is 136 Å². The predicted molar refractivity (Wildman–Crippen MR) is 147 cm³/mol. The van der Waals surface area contributed by atoms with Crippen LogP contribution in [0.3, 0.4) is 0 Å². The second-order valence-electron chi connectivity index (χ2n) is 10.8. The molecule has 0 saturated carbocycles. The maximum atomic E-state index is 3.62. The van der Waals surface area contributed by atoms with Crippen LogP contribution in [-0.2, 0) is 0 Å². The maximum absolute atomic E-state index is 3.62. The van der Waals surface area contributed by atoms with Crippen LogP contribution in [0.1, 0.15) is 187 Å². The van der Waals surface area contributed by atoms with Gasteiger partial charge in [0.05, 0.1) is 12.0 Å². The molecule has 0 aliphatic carbocycles. The lowest BCUT2D eigenvalue weighted by Gasteiger charge is -2.16. The van der Waals surface area contributed by atoms with Crippen molar-refractivity contribution >= 4 is 0 Å². The number of rotatable bonds is 24. The summed E-state index contributed by atoms with van der Waals surface area (Å²) in [6, 6.07) is 0.623. The molecule has 0 bridgehead atoms. The largest absolute Gasteiger partial charge is 0.257 e. The molecule has 1 aromatic rings. The summed E-state index contributed by atoms with van der Waals surface area (Å²) in [5.41, 5.74) is 0. The van der Waals surface area contributed by atoms with Gasteiger partial charge in [-0.3, -0.25) is 0 Å². The highest BCUT2D eigenvalue weighted by molar-refractivity contribution is 4.89. The summed E-state index contributed by atoms with van der Waals surface area (Å²) in [5, 5.41) is 0. The molecule has 0 aliphatic heterocycles. The molecule has 2 nitrogen and oxygen atoms in total. The van der Waals surface area contributed by atoms with E-state index in [0.29, 0.717) is 12.0 Å². The minimum absolute atomic E-state index is 0.623. The molecule has 2 atom stereocenters. The molecule has 33 heavy (non-hydrogen) atoms. The summed E-state index contributed by atoms with van der Waals surface area (Å²) in [6.07, 6.45) is 35.4. The van der Waals surface area contributed by atoms with Crippen LogP contribution in [0.2, 0.25) is 0 Å². The topological polar surface area (TPSA) is 19.7 Å². The fourth-order valence-corrected chi connectivity index (χ4v) is 5.37. The van der Waals surface area contributed by atoms with E-state index in [1.54, 1.807) is 0 Å². The molecule has 0 aromatic carbocycles. The van der Waals surface area contributed by atoms with Crippen LogP contribution in [-0.4, -0.2) is 4.98 Å². The molecule has 2 unspecified atom stereocenters. The van der Waals surface area contributed by atoms with E-state index < -0.39 is 0 Å². The average molecular weight is 462 g/mol. The van der Waals surface area contributed by atoms with E-state index in [0.717, 1.165) is 0 Å². The van der Waals surface area contributed by atoms with Crippen LogP contribution in [0, 0.1) is 0 Å². The third-order valence-corrected chi connectivity index (χ3v) is 7.73. The molecule has 1 rings (SSSR count). The molecule has 1 aromatic heterocycles. The van der Waals surface area contributed by atoms with Gasteiger partial charge >= 0.3 is 0 Å². The Labute approximate surface area is 208 Å². The highest BCUT2D eigenvalue weighted by Gasteiger charge is 2.24. The molecule has 0 amide bonds. The van der Waals surface area contributed by atoms with Crippen LogP contribution in [0.4, 0.5) is 0 Å². The molecule has 0 fully saturated rings.